The normalized spacial score (nSPS) is 14.4. The maximum absolute atomic E-state index is 13.5. The molecule has 128 heavy (non-hydrogen) atoms. The number of nitrogens with zero attached hydrogens (tertiary/aromatic N) is 4. The summed E-state index contributed by atoms with van der Waals surface area (Å²) in [5.74, 6) is 0.111. The third kappa shape index (κ3) is 23.5. The molecule has 0 saturated heterocycles. The SMILES string of the molecule is COC1=C(Nc2ccc(N)c(C)c2)C(=Nc2ccc(N)c(C)c2)C=C(Cc2ccc(N)c(C)c2)C1=O.COC1=C(Nc2ccc(N)cc2)C(=Nc2ccc(N)cc2)C=C(Cc2ccc(N)cc2)C1=O.COc1c(O)c(Cc2ccc(O)cc2)cc(Nc2ccc(O)cc2)c1N=C1C=CC(=O)C=C1.NC1=CC(=O)C(Cc2ccc(N)c(Cl)c2)=CC1=Nc1ccc(N)c(Cl)c1. The fraction of sp³-hybridized carbons (Fsp3) is 0.100. The molecule has 15 rings (SSSR count). The second-order valence-corrected chi connectivity index (χ2v) is 30.8. The van der Waals surface area contributed by atoms with E-state index in [0.717, 1.165) is 50.3 Å². The zero-order valence-electron chi connectivity index (χ0n) is 70.7. The fourth-order valence-corrected chi connectivity index (χ4v) is 13.8. The number of methoxy groups -OCH3 is 3. The Labute approximate surface area is 749 Å². The van der Waals surface area contributed by atoms with Crippen LogP contribution in [0, 0.1) is 20.8 Å². The van der Waals surface area contributed by atoms with Crippen molar-refractivity contribution in [1.82, 2.24) is 0 Å². The minimum absolute atomic E-state index is 0.0546. The van der Waals surface area contributed by atoms with Gasteiger partial charge in [0, 0.05) is 105 Å². The Balaban J connectivity index is 0.000000156. The highest BCUT2D eigenvalue weighted by Gasteiger charge is 2.32. The second kappa shape index (κ2) is 41.2. The molecule has 0 fully saturated rings. The van der Waals surface area contributed by atoms with Crippen molar-refractivity contribution in [2.75, 3.05) is 83.1 Å². The highest BCUT2D eigenvalue weighted by atomic mass is 35.5. The number of ether oxygens (including phenoxy) is 3. The summed E-state index contributed by atoms with van der Waals surface area (Å²) in [6, 6.07) is 64.1. The number of anilines is 12. The van der Waals surface area contributed by atoms with Crippen LogP contribution in [-0.2, 0) is 54.3 Å². The highest BCUT2D eigenvalue weighted by molar-refractivity contribution is 6.34. The van der Waals surface area contributed by atoms with Crippen LogP contribution in [0.3, 0.4) is 0 Å². The molecule has 4 aliphatic rings. The van der Waals surface area contributed by atoms with E-state index in [1.807, 2.05) is 136 Å². The lowest BCUT2D eigenvalue weighted by atomic mass is 9.92. The lowest BCUT2D eigenvalue weighted by Crippen LogP contribution is -2.25. The molecule has 0 spiro atoms. The van der Waals surface area contributed by atoms with Gasteiger partial charge in [0.2, 0.25) is 11.6 Å². The fourth-order valence-electron chi connectivity index (χ4n) is 13.4. The highest BCUT2D eigenvalue weighted by Crippen LogP contribution is 2.47. The van der Waals surface area contributed by atoms with E-state index in [-0.39, 0.29) is 57.6 Å². The van der Waals surface area contributed by atoms with Gasteiger partial charge in [-0.15, -0.1) is 0 Å². The summed E-state index contributed by atoms with van der Waals surface area (Å²) in [6.07, 6.45) is 14.3. The number of nitrogens with two attached hydrogens (primary N) is 9. The summed E-state index contributed by atoms with van der Waals surface area (Å²) >= 11 is 12.1. The van der Waals surface area contributed by atoms with Crippen molar-refractivity contribution >= 4 is 160 Å². The number of aromatic hydroxyl groups is 3. The molecule has 24 N–H and O–H groups in total. The molecule has 28 heteroatoms. The van der Waals surface area contributed by atoms with Crippen molar-refractivity contribution in [2.45, 2.75) is 46.5 Å². The number of carbonyl (C=O) groups is 4. The quantitative estimate of drug-likeness (QED) is 0.0180. The van der Waals surface area contributed by atoms with Crippen molar-refractivity contribution < 1.29 is 48.7 Å². The molecule has 0 heterocycles. The number of phenolic OH excluding ortho intramolecular Hbond substituents is 3. The number of nitrogen functional groups attached to an aromatic ring is 8. The molecule has 11 aromatic rings. The van der Waals surface area contributed by atoms with Crippen molar-refractivity contribution in [1.29, 1.82) is 0 Å². The number of allylic oxidation sites excluding steroid dienone is 11. The number of rotatable bonds is 21. The number of carbonyl (C=O) groups excluding carboxylic acids is 4. The molecule has 4 aliphatic carbocycles. The number of hydrogen-bond donors (Lipinski definition) is 15. The first-order chi connectivity index (χ1) is 61.3. The first-order valence-corrected chi connectivity index (χ1v) is 40.7. The van der Waals surface area contributed by atoms with Crippen LogP contribution >= 0.6 is 23.2 Å². The monoisotopic (exact) mass is 1750 g/mol. The van der Waals surface area contributed by atoms with Gasteiger partial charge in [0.15, 0.2) is 34.6 Å². The zero-order chi connectivity index (χ0) is 91.6. The molecule has 0 atom stereocenters. The number of Topliss-reactive ketones (excluding diaryl/α,β-unsaturated/α-hetero) is 2. The van der Waals surface area contributed by atoms with Crippen LogP contribution < -0.4 is 72.3 Å². The van der Waals surface area contributed by atoms with Gasteiger partial charge in [-0.25, -0.2) is 20.0 Å². The predicted molar refractivity (Wildman–Crippen MR) is 518 cm³/mol. The number of hydrogen-bond acceptors (Lipinski definition) is 26. The van der Waals surface area contributed by atoms with Gasteiger partial charge in [0.25, 0.3) is 0 Å². The molecule has 0 aliphatic heterocycles. The standard InChI is InChI=1S/C29H31N5O2.C26H25N5O2.C26H22N2O5.C19H16Cl2N4O/c1-16-11-19(5-8-23(16)30)14-20-15-26(33-21-6-9-24(31)17(2)12-21)27(29(36-4)28(20)35)34-22-7-10-25(32)18(3)13-22;1-33-26-24(31-22-12-8-20(29)9-13-22)23(30-21-10-6-19(28)7-11-21)15-17(25(26)32)14-16-2-4-18(27)5-3-16;1-33-26-24(28-19-6-12-22(31)13-7-19)23(27-18-4-10-21(30)11-5-18)15-17(25(26)32)14-16-2-8-20(29)9-3-16;20-13-6-10(1-3-15(13)22)5-11-7-18(17(24)9-19(11)26)25-12-2-4-16(23)14(21)8-12/h5-13,15,34H,14,30-32H2,1-4H3;2-13,15,31H,14,27-29H2,1H3;2-13,15,27,29-30,32H,14H2,1H3;1-4,6-9H,5,22-24H2. The average molecular weight is 1750 g/mol. The van der Waals surface area contributed by atoms with Crippen molar-refractivity contribution in [3.8, 4) is 23.0 Å². The molecule has 0 aromatic heterocycles. The lowest BCUT2D eigenvalue weighted by Gasteiger charge is -2.22. The smallest absolute Gasteiger partial charge is 0.226 e. The lowest BCUT2D eigenvalue weighted by molar-refractivity contribution is -0.115. The maximum atomic E-state index is 13.5. The van der Waals surface area contributed by atoms with Gasteiger partial charge in [0.1, 0.15) is 28.6 Å². The van der Waals surface area contributed by atoms with E-state index < -0.39 is 0 Å². The molecule has 0 bridgehead atoms. The van der Waals surface area contributed by atoms with Crippen molar-refractivity contribution in [3.05, 3.63) is 367 Å². The number of ketones is 4. The van der Waals surface area contributed by atoms with E-state index in [2.05, 4.69) is 25.9 Å². The van der Waals surface area contributed by atoms with E-state index in [9.17, 15) is 34.5 Å². The Bertz CT molecular complexity index is 6530. The minimum atomic E-state index is -0.205. The summed E-state index contributed by atoms with van der Waals surface area (Å²) in [5, 5.41) is 40.9. The van der Waals surface area contributed by atoms with Gasteiger partial charge in [-0.1, -0.05) is 65.7 Å². The molecule has 26 nitrogen and oxygen atoms in total. The van der Waals surface area contributed by atoms with Crippen LogP contribution in [0.15, 0.2) is 332 Å². The molecular formula is C100H94Cl2N16O10. The van der Waals surface area contributed by atoms with Crippen LogP contribution in [0.1, 0.15) is 44.5 Å². The Morgan fingerprint density at radius 1 is 0.367 bits per heavy atom. The minimum Gasteiger partial charge on any atom is -0.508 e. The Morgan fingerprint density at radius 3 is 1.32 bits per heavy atom. The van der Waals surface area contributed by atoms with Gasteiger partial charge in [-0.2, -0.15) is 0 Å². The first-order valence-electron chi connectivity index (χ1n) is 39.9. The Kier molecular flexibility index (Phi) is 29.3. The Morgan fingerprint density at radius 2 is 0.773 bits per heavy atom. The maximum Gasteiger partial charge on any atom is 0.226 e. The number of phenols is 3. The number of halogens is 2. The first kappa shape index (κ1) is 90.9. The molecule has 0 unspecified atom stereocenters. The van der Waals surface area contributed by atoms with Gasteiger partial charge in [-0.3, -0.25) is 19.2 Å². The molecule has 0 radical (unpaired) electrons. The summed E-state index contributed by atoms with van der Waals surface area (Å²) in [6.45, 7) is 5.81. The Hall–Kier alpha value is -16.3. The van der Waals surface area contributed by atoms with Crippen LogP contribution in [-0.4, -0.2) is 82.6 Å². The van der Waals surface area contributed by atoms with Crippen LogP contribution in [0.5, 0.6) is 23.0 Å². The van der Waals surface area contributed by atoms with Crippen LogP contribution in [0.2, 0.25) is 10.0 Å². The number of benzene rings is 11. The van der Waals surface area contributed by atoms with Gasteiger partial charge < -0.3 is 97.1 Å². The molecule has 0 saturated carbocycles. The van der Waals surface area contributed by atoms with Crippen LogP contribution in [0.25, 0.3) is 0 Å². The van der Waals surface area contributed by atoms with E-state index in [1.54, 1.807) is 133 Å². The number of nitrogens with one attached hydrogen (secondary N) is 3. The van der Waals surface area contributed by atoms with Crippen molar-refractivity contribution in [3.63, 3.8) is 0 Å². The average Bonchev–Trinajstić information content (AvgIpc) is 0.778. The summed E-state index contributed by atoms with van der Waals surface area (Å²) in [5.41, 5.74) is 75.1. The molecule has 0 amide bonds. The zero-order valence-corrected chi connectivity index (χ0v) is 72.2. The van der Waals surface area contributed by atoms with Gasteiger partial charge in [-0.05, 0) is 278 Å². The third-order valence-electron chi connectivity index (χ3n) is 20.4. The number of aryl methyl sites for hydroxylation is 3. The third-order valence-corrected chi connectivity index (χ3v) is 21.1. The predicted octanol–water partition coefficient (Wildman–Crippen LogP) is 18.1. The van der Waals surface area contributed by atoms with E-state index >= 15 is 0 Å². The van der Waals surface area contributed by atoms with E-state index in [4.69, 9.17) is 99.0 Å². The van der Waals surface area contributed by atoms with Gasteiger partial charge in [0.05, 0.1) is 94.0 Å². The van der Waals surface area contributed by atoms with E-state index in [0.29, 0.717) is 178 Å². The summed E-state index contributed by atoms with van der Waals surface area (Å²) in [4.78, 5) is 69.3. The second-order valence-electron chi connectivity index (χ2n) is 30.0. The molecular weight excluding hydrogens is 1660 g/mol. The summed E-state index contributed by atoms with van der Waals surface area (Å²) in [7, 11) is 4.42. The number of aliphatic imine (C=N–C) groups is 4. The van der Waals surface area contributed by atoms with Gasteiger partial charge >= 0.3 is 0 Å². The molecule has 11 aromatic carbocycles. The van der Waals surface area contributed by atoms with Crippen molar-refractivity contribution in [2.24, 2.45) is 25.7 Å². The molecule has 648 valence electrons. The summed E-state index contributed by atoms with van der Waals surface area (Å²) < 4.78 is 16.8. The van der Waals surface area contributed by atoms with Crippen LogP contribution in [0.4, 0.5) is 91.0 Å². The largest absolute Gasteiger partial charge is 0.508 e. The van der Waals surface area contributed by atoms with E-state index in [1.165, 1.54) is 39.6 Å². The topological polar surface area (TPSA) is 476 Å².